The molecule has 0 amide bonds. The number of benzene rings is 3. The number of rotatable bonds is 2. The van der Waals surface area contributed by atoms with Crippen molar-refractivity contribution in [3.05, 3.63) is 82.9 Å². The third kappa shape index (κ3) is 2.33. The van der Waals surface area contributed by atoms with E-state index in [1.54, 1.807) is 48.5 Å². The Hall–Kier alpha value is -3.60. The lowest BCUT2D eigenvalue weighted by atomic mass is 9.82. The van der Waals surface area contributed by atoms with E-state index in [9.17, 15) is 14.7 Å². The molecule has 5 heteroatoms. The molecule has 0 fully saturated rings. The van der Waals surface area contributed by atoms with Crippen LogP contribution in [0, 0.1) is 0 Å². The predicted octanol–water partition coefficient (Wildman–Crippen LogP) is 3.49. The lowest BCUT2D eigenvalue weighted by Crippen LogP contribution is -2.23. The third-order valence-electron chi connectivity index (χ3n) is 4.25. The average Bonchev–Trinajstić information content (AvgIpc) is 2.63. The number of phenols is 1. The van der Waals surface area contributed by atoms with Gasteiger partial charge in [0.05, 0.1) is 16.8 Å². The van der Waals surface area contributed by atoms with E-state index >= 15 is 0 Å². The van der Waals surface area contributed by atoms with Crippen molar-refractivity contribution in [3.63, 3.8) is 0 Å². The van der Waals surface area contributed by atoms with Crippen LogP contribution in [0.1, 0.15) is 31.8 Å². The average molecular weight is 330 g/mol. The second-order valence-electron chi connectivity index (χ2n) is 5.83. The summed E-state index contributed by atoms with van der Waals surface area (Å²) in [6, 6.07) is 16.5. The molecule has 0 saturated heterocycles. The summed E-state index contributed by atoms with van der Waals surface area (Å²) in [6.45, 7) is 0. The normalized spacial score (nSPS) is 12.5. The Labute approximate surface area is 143 Å². The highest BCUT2D eigenvalue weighted by Gasteiger charge is 2.33. The first-order valence-corrected chi connectivity index (χ1v) is 7.73. The van der Waals surface area contributed by atoms with Gasteiger partial charge >= 0.3 is 0 Å². The van der Waals surface area contributed by atoms with Crippen molar-refractivity contribution in [1.82, 2.24) is 0 Å². The summed E-state index contributed by atoms with van der Waals surface area (Å²) >= 11 is 0. The molecule has 0 aromatic heterocycles. The number of nitrogens with two attached hydrogens (primary N) is 1. The molecule has 0 bridgehead atoms. The second-order valence-corrected chi connectivity index (χ2v) is 5.83. The molecule has 1 aliphatic rings. The summed E-state index contributed by atoms with van der Waals surface area (Å²) in [5, 5.41) is 12.5. The first kappa shape index (κ1) is 15.0. The van der Waals surface area contributed by atoms with Crippen LogP contribution >= 0.6 is 0 Å². The Balaban J connectivity index is 1.88. The van der Waals surface area contributed by atoms with Crippen molar-refractivity contribution >= 4 is 28.6 Å². The maximum absolute atomic E-state index is 13.0. The van der Waals surface area contributed by atoms with E-state index < -0.39 is 0 Å². The van der Waals surface area contributed by atoms with Gasteiger partial charge in [-0.05, 0) is 36.4 Å². The number of nitrogens with one attached hydrogen (secondary N) is 1. The number of ketones is 2. The second kappa shape index (κ2) is 5.49. The van der Waals surface area contributed by atoms with Crippen LogP contribution in [-0.4, -0.2) is 16.7 Å². The summed E-state index contributed by atoms with van der Waals surface area (Å²) < 4.78 is 0. The summed E-state index contributed by atoms with van der Waals surface area (Å²) in [7, 11) is 0. The van der Waals surface area contributed by atoms with Crippen molar-refractivity contribution in [2.24, 2.45) is 0 Å². The summed E-state index contributed by atoms with van der Waals surface area (Å²) in [6.07, 6.45) is 0. The fourth-order valence-electron chi connectivity index (χ4n) is 3.05. The van der Waals surface area contributed by atoms with Gasteiger partial charge < -0.3 is 16.2 Å². The van der Waals surface area contributed by atoms with Crippen molar-refractivity contribution in [1.29, 1.82) is 0 Å². The number of hydrogen-bond donors (Lipinski definition) is 3. The monoisotopic (exact) mass is 330 g/mol. The smallest absolute Gasteiger partial charge is 0.196 e. The van der Waals surface area contributed by atoms with Crippen LogP contribution in [0.4, 0.5) is 17.1 Å². The Kier molecular flexibility index (Phi) is 3.28. The van der Waals surface area contributed by atoms with Gasteiger partial charge in [-0.25, -0.2) is 0 Å². The summed E-state index contributed by atoms with van der Waals surface area (Å²) in [5.74, 6) is -0.346. The molecule has 3 aromatic rings. The number of carbonyl (C=O) groups excluding carboxylic acids is 2. The van der Waals surface area contributed by atoms with Gasteiger partial charge in [-0.2, -0.15) is 0 Å². The van der Waals surface area contributed by atoms with Gasteiger partial charge in [-0.3, -0.25) is 9.59 Å². The highest BCUT2D eigenvalue weighted by atomic mass is 16.3. The number of aromatic hydroxyl groups is 1. The Morgan fingerprint density at radius 1 is 0.760 bits per heavy atom. The third-order valence-corrected chi connectivity index (χ3v) is 4.25. The summed E-state index contributed by atoms with van der Waals surface area (Å²) in [4.78, 5) is 25.8. The van der Waals surface area contributed by atoms with Gasteiger partial charge in [0.1, 0.15) is 5.75 Å². The van der Waals surface area contributed by atoms with E-state index in [4.69, 9.17) is 5.73 Å². The maximum atomic E-state index is 13.0. The first-order chi connectivity index (χ1) is 12.1. The van der Waals surface area contributed by atoms with E-state index in [-0.39, 0.29) is 34.1 Å². The fourth-order valence-corrected chi connectivity index (χ4v) is 3.05. The standard InChI is InChI=1S/C20H14N2O3/c21-15-9-10-16(22-11-5-7-12(23)8-6-11)18-17(15)19(24)13-3-1-2-4-14(13)20(18)25/h1-10,22-23H,21H2. The topological polar surface area (TPSA) is 92.4 Å². The lowest BCUT2D eigenvalue weighted by Gasteiger charge is -2.22. The lowest BCUT2D eigenvalue weighted by molar-refractivity contribution is 0.0980. The molecule has 122 valence electrons. The van der Waals surface area contributed by atoms with Crippen molar-refractivity contribution < 1.29 is 14.7 Å². The van der Waals surface area contributed by atoms with Crippen LogP contribution in [0.2, 0.25) is 0 Å². The first-order valence-electron chi connectivity index (χ1n) is 7.73. The number of anilines is 3. The minimum atomic E-state index is -0.253. The molecule has 0 unspecified atom stereocenters. The maximum Gasteiger partial charge on any atom is 0.196 e. The largest absolute Gasteiger partial charge is 0.508 e. The minimum Gasteiger partial charge on any atom is -0.508 e. The van der Waals surface area contributed by atoms with Crippen molar-refractivity contribution in [2.45, 2.75) is 0 Å². The zero-order chi connectivity index (χ0) is 17.6. The van der Waals surface area contributed by atoms with Crippen molar-refractivity contribution in [2.75, 3.05) is 11.1 Å². The van der Waals surface area contributed by atoms with Crippen LogP contribution in [0.15, 0.2) is 60.7 Å². The Morgan fingerprint density at radius 2 is 1.36 bits per heavy atom. The fraction of sp³-hybridized carbons (Fsp3) is 0. The number of nitrogen functional groups attached to an aromatic ring is 1. The van der Waals surface area contributed by atoms with E-state index in [1.807, 2.05) is 0 Å². The number of carbonyl (C=O) groups is 2. The molecule has 3 aromatic carbocycles. The predicted molar refractivity (Wildman–Crippen MR) is 95.6 cm³/mol. The molecule has 0 aliphatic heterocycles. The molecule has 5 nitrogen and oxygen atoms in total. The van der Waals surface area contributed by atoms with E-state index in [2.05, 4.69) is 5.32 Å². The van der Waals surface area contributed by atoms with E-state index in [0.29, 0.717) is 22.5 Å². The highest BCUT2D eigenvalue weighted by Crippen LogP contribution is 2.36. The molecule has 0 atom stereocenters. The highest BCUT2D eigenvalue weighted by molar-refractivity contribution is 6.31. The van der Waals surface area contributed by atoms with Gasteiger partial charge in [0, 0.05) is 22.5 Å². The minimum absolute atomic E-state index is 0.144. The number of hydrogen-bond acceptors (Lipinski definition) is 5. The molecular weight excluding hydrogens is 316 g/mol. The molecule has 0 saturated carbocycles. The quantitative estimate of drug-likeness (QED) is 0.386. The van der Waals surface area contributed by atoms with E-state index in [1.165, 1.54) is 12.1 Å². The molecule has 4 N–H and O–H groups in total. The molecule has 0 spiro atoms. The molecule has 4 rings (SSSR count). The Morgan fingerprint density at radius 3 is 2.00 bits per heavy atom. The zero-order valence-corrected chi connectivity index (χ0v) is 13.1. The van der Waals surface area contributed by atoms with Crippen LogP contribution < -0.4 is 11.1 Å². The van der Waals surface area contributed by atoms with Crippen LogP contribution in [0.3, 0.4) is 0 Å². The van der Waals surface area contributed by atoms with E-state index in [0.717, 1.165) is 0 Å². The van der Waals surface area contributed by atoms with Crippen LogP contribution in [0.5, 0.6) is 5.75 Å². The van der Waals surface area contributed by atoms with Gasteiger partial charge in [-0.15, -0.1) is 0 Å². The van der Waals surface area contributed by atoms with Gasteiger partial charge in [0.2, 0.25) is 0 Å². The molecule has 0 radical (unpaired) electrons. The van der Waals surface area contributed by atoms with Crippen molar-refractivity contribution in [3.8, 4) is 5.75 Å². The number of fused-ring (bicyclic) bond motifs is 2. The zero-order valence-electron chi connectivity index (χ0n) is 13.1. The molecular formula is C20H14N2O3. The van der Waals surface area contributed by atoms with Crippen LogP contribution in [0.25, 0.3) is 0 Å². The summed E-state index contributed by atoms with van der Waals surface area (Å²) in [5.41, 5.74) is 8.71. The molecule has 1 aliphatic carbocycles. The van der Waals surface area contributed by atoms with Gasteiger partial charge in [0.25, 0.3) is 0 Å². The van der Waals surface area contributed by atoms with Gasteiger partial charge in [-0.1, -0.05) is 24.3 Å². The van der Waals surface area contributed by atoms with Gasteiger partial charge in [0.15, 0.2) is 11.6 Å². The van der Waals surface area contributed by atoms with Crippen LogP contribution in [-0.2, 0) is 0 Å². The molecule has 0 heterocycles. The SMILES string of the molecule is Nc1ccc(Nc2ccc(O)cc2)c2c1C(=O)c1ccccc1C2=O. The molecule has 25 heavy (non-hydrogen) atoms. The Bertz CT molecular complexity index is 1020. The number of phenolic OH excluding ortho intramolecular Hbond substituents is 1.